The first-order valence-electron chi connectivity index (χ1n) is 8.45. The van der Waals surface area contributed by atoms with Crippen molar-refractivity contribution in [3.05, 3.63) is 95.6 Å². The van der Waals surface area contributed by atoms with Crippen molar-refractivity contribution in [2.45, 2.75) is 19.9 Å². The lowest BCUT2D eigenvalue weighted by molar-refractivity contribution is 0.100. The van der Waals surface area contributed by atoms with Crippen LogP contribution >= 0.6 is 0 Å². The number of rotatable bonds is 6. The van der Waals surface area contributed by atoms with Gasteiger partial charge in [0.1, 0.15) is 0 Å². The Bertz CT molecular complexity index is 847. The summed E-state index contributed by atoms with van der Waals surface area (Å²) < 4.78 is 0. The predicted molar refractivity (Wildman–Crippen MR) is 104 cm³/mol. The van der Waals surface area contributed by atoms with Crippen LogP contribution in [0.4, 0.5) is 0 Å². The molecule has 0 unspecified atom stereocenters. The van der Waals surface area contributed by atoms with Gasteiger partial charge in [0.25, 0.3) is 0 Å². The average Bonchev–Trinajstić information content (AvgIpc) is 2.67. The maximum atomic E-state index is 12.3. The van der Waals surface area contributed by atoms with E-state index in [4.69, 9.17) is 0 Å². The van der Waals surface area contributed by atoms with E-state index in [1.807, 2.05) is 42.5 Å². The monoisotopic (exact) mass is 327 g/mol. The lowest BCUT2D eigenvalue weighted by Gasteiger charge is -2.03. The van der Waals surface area contributed by atoms with Crippen LogP contribution in [-0.2, 0) is 6.54 Å². The molecule has 2 heteroatoms. The zero-order valence-electron chi connectivity index (χ0n) is 14.4. The van der Waals surface area contributed by atoms with E-state index in [-0.39, 0.29) is 5.78 Å². The van der Waals surface area contributed by atoms with Gasteiger partial charge in [-0.25, -0.2) is 0 Å². The van der Waals surface area contributed by atoms with Gasteiger partial charge in [-0.3, -0.25) is 9.79 Å². The number of aryl methyl sites for hydroxylation is 1. The van der Waals surface area contributed by atoms with Crippen molar-refractivity contribution in [2.75, 3.05) is 0 Å². The Labute approximate surface area is 148 Å². The molecule has 3 aromatic carbocycles. The van der Waals surface area contributed by atoms with E-state index in [1.54, 1.807) is 6.21 Å². The van der Waals surface area contributed by atoms with Crippen molar-refractivity contribution < 1.29 is 4.79 Å². The number of carbonyl (C=O) groups is 1. The van der Waals surface area contributed by atoms with Crippen LogP contribution in [0, 0.1) is 6.92 Å². The summed E-state index contributed by atoms with van der Waals surface area (Å²) in [4.78, 5) is 16.6. The molecule has 2 nitrogen and oxygen atoms in total. The summed E-state index contributed by atoms with van der Waals surface area (Å²) in [7, 11) is 0. The Morgan fingerprint density at radius 3 is 2.16 bits per heavy atom. The van der Waals surface area contributed by atoms with E-state index in [2.05, 4.69) is 48.3 Å². The first kappa shape index (κ1) is 16.8. The van der Waals surface area contributed by atoms with E-state index < -0.39 is 0 Å². The fraction of sp³-hybridized carbons (Fsp3) is 0.130. The SMILES string of the molecule is Cc1ccc(CN=CCC(=O)c2ccc(-c3ccccc3)cc2)cc1. The van der Waals surface area contributed by atoms with Crippen LogP contribution in [0.25, 0.3) is 11.1 Å². The Kier molecular flexibility index (Phi) is 5.53. The number of Topliss-reactive ketones (excluding diaryl/α,β-unsaturated/α-hetero) is 1. The van der Waals surface area contributed by atoms with Gasteiger partial charge in [0.15, 0.2) is 5.78 Å². The average molecular weight is 327 g/mol. The number of hydrogen-bond acceptors (Lipinski definition) is 2. The smallest absolute Gasteiger partial charge is 0.168 e. The van der Waals surface area contributed by atoms with Gasteiger partial charge >= 0.3 is 0 Å². The number of benzene rings is 3. The standard InChI is InChI=1S/C23H21NO/c1-18-7-9-19(10-8-18)17-24-16-15-23(25)22-13-11-21(12-14-22)20-5-3-2-4-6-20/h2-14,16H,15,17H2,1H3. The van der Waals surface area contributed by atoms with Gasteiger partial charge in [-0.2, -0.15) is 0 Å². The van der Waals surface area contributed by atoms with Gasteiger partial charge < -0.3 is 0 Å². The topological polar surface area (TPSA) is 29.4 Å². The van der Waals surface area contributed by atoms with Crippen molar-refractivity contribution in [3.63, 3.8) is 0 Å². The highest BCUT2D eigenvalue weighted by atomic mass is 16.1. The Hall–Kier alpha value is -3.00. The molecular formula is C23H21NO. The highest BCUT2D eigenvalue weighted by Gasteiger charge is 2.04. The minimum absolute atomic E-state index is 0.0901. The molecule has 0 atom stereocenters. The van der Waals surface area contributed by atoms with Crippen LogP contribution in [0.3, 0.4) is 0 Å². The summed E-state index contributed by atoms with van der Waals surface area (Å²) >= 11 is 0. The fourth-order valence-electron chi connectivity index (χ4n) is 2.61. The first-order chi connectivity index (χ1) is 12.2. The summed E-state index contributed by atoms with van der Waals surface area (Å²) in [5, 5.41) is 0. The Morgan fingerprint density at radius 1 is 0.840 bits per heavy atom. The van der Waals surface area contributed by atoms with Crippen LogP contribution in [0.15, 0.2) is 83.9 Å². The first-order valence-corrected chi connectivity index (χ1v) is 8.45. The van der Waals surface area contributed by atoms with E-state index in [9.17, 15) is 4.79 Å². The lowest BCUT2D eigenvalue weighted by atomic mass is 10.0. The third kappa shape index (κ3) is 4.74. The molecule has 3 rings (SSSR count). The van der Waals surface area contributed by atoms with Crippen LogP contribution in [0.2, 0.25) is 0 Å². The van der Waals surface area contributed by atoms with Crippen LogP contribution in [0.5, 0.6) is 0 Å². The summed E-state index contributed by atoms with van der Waals surface area (Å²) in [6.07, 6.45) is 2.05. The molecule has 25 heavy (non-hydrogen) atoms. The van der Waals surface area contributed by atoms with Crippen molar-refractivity contribution in [1.82, 2.24) is 0 Å². The molecule has 0 amide bonds. The molecule has 3 aromatic rings. The summed E-state index contributed by atoms with van der Waals surface area (Å²) in [6, 6.07) is 26.2. The molecule has 0 fully saturated rings. The zero-order valence-corrected chi connectivity index (χ0v) is 14.4. The zero-order chi connectivity index (χ0) is 17.5. The quantitative estimate of drug-likeness (QED) is 0.434. The third-order valence-electron chi connectivity index (χ3n) is 4.11. The second-order valence-electron chi connectivity index (χ2n) is 6.08. The fourth-order valence-corrected chi connectivity index (χ4v) is 2.61. The van der Waals surface area contributed by atoms with Crippen LogP contribution in [-0.4, -0.2) is 12.0 Å². The normalized spacial score (nSPS) is 10.9. The van der Waals surface area contributed by atoms with Crippen molar-refractivity contribution >= 4 is 12.0 Å². The molecule has 124 valence electrons. The molecular weight excluding hydrogens is 306 g/mol. The number of nitrogens with zero attached hydrogens (tertiary/aromatic N) is 1. The number of carbonyl (C=O) groups excluding carboxylic acids is 1. The Morgan fingerprint density at radius 2 is 1.48 bits per heavy atom. The van der Waals surface area contributed by atoms with Crippen LogP contribution in [0.1, 0.15) is 27.9 Å². The van der Waals surface area contributed by atoms with Gasteiger partial charge in [0.2, 0.25) is 0 Å². The minimum atomic E-state index is 0.0901. The molecule has 0 aliphatic carbocycles. The predicted octanol–water partition coefficient (Wildman–Crippen LogP) is 5.51. The molecule has 0 bridgehead atoms. The highest BCUT2D eigenvalue weighted by Crippen LogP contribution is 2.19. The molecule has 0 heterocycles. The number of ketones is 1. The van der Waals surface area contributed by atoms with E-state index in [0.717, 1.165) is 22.3 Å². The van der Waals surface area contributed by atoms with Gasteiger partial charge in [0, 0.05) is 18.2 Å². The van der Waals surface area contributed by atoms with Crippen LogP contribution < -0.4 is 0 Å². The summed E-state index contributed by atoms with van der Waals surface area (Å²) in [6.45, 7) is 2.68. The summed E-state index contributed by atoms with van der Waals surface area (Å²) in [5.41, 5.74) is 5.39. The van der Waals surface area contributed by atoms with E-state index in [0.29, 0.717) is 13.0 Å². The van der Waals surface area contributed by atoms with E-state index in [1.165, 1.54) is 5.56 Å². The van der Waals surface area contributed by atoms with Crippen molar-refractivity contribution in [3.8, 4) is 11.1 Å². The molecule has 0 saturated carbocycles. The molecule has 0 radical (unpaired) electrons. The summed E-state index contributed by atoms with van der Waals surface area (Å²) in [5.74, 6) is 0.0901. The minimum Gasteiger partial charge on any atom is -0.294 e. The highest BCUT2D eigenvalue weighted by molar-refractivity contribution is 6.03. The molecule has 0 aliphatic heterocycles. The third-order valence-corrected chi connectivity index (χ3v) is 4.11. The molecule has 0 saturated heterocycles. The van der Waals surface area contributed by atoms with Crippen molar-refractivity contribution in [2.24, 2.45) is 4.99 Å². The molecule has 0 aliphatic rings. The van der Waals surface area contributed by atoms with Crippen molar-refractivity contribution in [1.29, 1.82) is 0 Å². The maximum Gasteiger partial charge on any atom is 0.168 e. The Balaban J connectivity index is 1.56. The molecule has 0 spiro atoms. The molecule has 0 aromatic heterocycles. The second kappa shape index (κ2) is 8.20. The van der Waals surface area contributed by atoms with Gasteiger partial charge in [-0.05, 0) is 23.6 Å². The van der Waals surface area contributed by atoms with E-state index >= 15 is 0 Å². The van der Waals surface area contributed by atoms with Gasteiger partial charge in [-0.1, -0.05) is 84.4 Å². The maximum absolute atomic E-state index is 12.3. The molecule has 0 N–H and O–H groups in total. The van der Waals surface area contributed by atoms with Gasteiger partial charge in [0.05, 0.1) is 6.54 Å². The number of aliphatic imine (C=N–C) groups is 1. The van der Waals surface area contributed by atoms with Gasteiger partial charge in [-0.15, -0.1) is 0 Å². The second-order valence-corrected chi connectivity index (χ2v) is 6.08. The largest absolute Gasteiger partial charge is 0.294 e. The number of hydrogen-bond donors (Lipinski definition) is 0. The lowest BCUT2D eigenvalue weighted by Crippen LogP contribution is -1.99.